The van der Waals surface area contributed by atoms with Crippen LogP contribution in [0.4, 0.5) is 0 Å². The van der Waals surface area contributed by atoms with Crippen molar-refractivity contribution in [2.45, 2.75) is 0 Å². The molecule has 60 heavy (non-hydrogen) atoms. The molecule has 13 aromatic rings. The predicted octanol–water partition coefficient (Wildman–Crippen LogP) is 12.1. The largest absolute Gasteiger partial charge is 0.278 e. The number of para-hydroxylation sites is 5. The van der Waals surface area contributed by atoms with E-state index in [0.717, 1.165) is 94.7 Å². The highest BCUT2D eigenvalue weighted by molar-refractivity contribution is 5.98. The summed E-state index contributed by atoms with van der Waals surface area (Å²) in [5.74, 6) is 2.21. The third-order valence-electron chi connectivity index (χ3n) is 11.8. The van der Waals surface area contributed by atoms with Crippen molar-refractivity contribution in [1.29, 1.82) is 0 Å². The van der Waals surface area contributed by atoms with E-state index in [4.69, 9.17) is 19.9 Å². The maximum absolute atomic E-state index is 5.28. The smallest absolute Gasteiger partial charge is 0.238 e. The first-order chi connectivity index (χ1) is 29.7. The number of aromatic nitrogens is 8. The Bertz CT molecular complexity index is 3820. The summed E-state index contributed by atoms with van der Waals surface area (Å²) in [7, 11) is 0. The topological polar surface area (TPSA) is 70.2 Å². The molecule has 0 fully saturated rings. The van der Waals surface area contributed by atoms with E-state index < -0.39 is 0 Å². The second-order valence-electron chi connectivity index (χ2n) is 15.2. The summed E-state index contributed by atoms with van der Waals surface area (Å²) in [6.45, 7) is 0. The molecule has 5 heterocycles. The first kappa shape index (κ1) is 32.7. The van der Waals surface area contributed by atoms with Crippen LogP contribution in [0.25, 0.3) is 112 Å². The number of nitrogens with zero attached hydrogens (tertiary/aromatic N) is 8. The van der Waals surface area contributed by atoms with Gasteiger partial charge in [-0.25, -0.2) is 24.5 Å². The number of benzene rings is 8. The highest BCUT2D eigenvalue weighted by Gasteiger charge is 2.22. The van der Waals surface area contributed by atoms with Gasteiger partial charge in [0.25, 0.3) is 0 Å². The van der Waals surface area contributed by atoms with Crippen molar-refractivity contribution in [2.75, 3.05) is 0 Å². The van der Waals surface area contributed by atoms with Gasteiger partial charge in [0, 0.05) is 16.6 Å². The zero-order chi connectivity index (χ0) is 39.3. The quantitative estimate of drug-likeness (QED) is 0.175. The van der Waals surface area contributed by atoms with E-state index in [-0.39, 0.29) is 0 Å². The van der Waals surface area contributed by atoms with E-state index in [1.807, 2.05) is 36.4 Å². The average molecular weight is 769 g/mol. The van der Waals surface area contributed by atoms with Gasteiger partial charge in [0.15, 0.2) is 0 Å². The Labute approximate surface area is 342 Å². The zero-order valence-corrected chi connectivity index (χ0v) is 32.1. The first-order valence-electron chi connectivity index (χ1n) is 20.1. The molecule has 8 nitrogen and oxygen atoms in total. The van der Waals surface area contributed by atoms with Crippen LogP contribution in [0.3, 0.4) is 0 Å². The second kappa shape index (κ2) is 12.6. The summed E-state index contributed by atoms with van der Waals surface area (Å²) in [6.07, 6.45) is 0. The Morgan fingerprint density at radius 1 is 0.300 bits per heavy atom. The molecule has 0 radical (unpaired) electrons. The van der Waals surface area contributed by atoms with Crippen LogP contribution >= 0.6 is 0 Å². The molecule has 280 valence electrons. The van der Waals surface area contributed by atoms with Gasteiger partial charge in [0.1, 0.15) is 0 Å². The van der Waals surface area contributed by atoms with Crippen LogP contribution in [0.5, 0.6) is 0 Å². The minimum absolute atomic E-state index is 0.574. The predicted molar refractivity (Wildman–Crippen MR) is 242 cm³/mol. The molecule has 0 bridgehead atoms. The molecule has 0 atom stereocenters. The zero-order valence-electron chi connectivity index (χ0n) is 32.1. The molecule has 0 spiro atoms. The standard InChI is InChI=1S/C52H32N8/c1-3-13-33(14-4-1)34-23-27-38(28-24-34)57-45-29-25-36(31-47(45)58-43-21-11-9-19-41(43)54-51(57)58)37-26-30-46-48(32-37)59-44-22-12-10-20-42(44)55-52(59)60(46)50-53-40-18-8-7-17-39(40)49(56-50)35-15-5-2-6-16-35/h1-32H. The van der Waals surface area contributed by atoms with Gasteiger partial charge in [-0.2, -0.15) is 0 Å². The van der Waals surface area contributed by atoms with Gasteiger partial charge in [0.2, 0.25) is 17.5 Å². The van der Waals surface area contributed by atoms with Crippen molar-refractivity contribution in [2.24, 2.45) is 0 Å². The average Bonchev–Trinajstić information content (AvgIpc) is 4.05. The third-order valence-corrected chi connectivity index (χ3v) is 11.8. The minimum atomic E-state index is 0.574. The highest BCUT2D eigenvalue weighted by Crippen LogP contribution is 2.37. The summed E-state index contributed by atoms with van der Waals surface area (Å²) >= 11 is 0. The maximum atomic E-state index is 5.28. The first-order valence-corrected chi connectivity index (χ1v) is 20.1. The molecule has 13 rings (SSSR count). The molecular formula is C52H32N8. The molecule has 0 aliphatic carbocycles. The fourth-order valence-corrected chi connectivity index (χ4v) is 9.03. The number of hydrogen-bond donors (Lipinski definition) is 0. The van der Waals surface area contributed by atoms with Crippen molar-refractivity contribution < 1.29 is 0 Å². The molecular weight excluding hydrogens is 737 g/mol. The molecule has 8 aromatic carbocycles. The van der Waals surface area contributed by atoms with Crippen LogP contribution in [-0.2, 0) is 0 Å². The van der Waals surface area contributed by atoms with Crippen molar-refractivity contribution in [3.63, 3.8) is 0 Å². The Kier molecular flexibility index (Phi) is 6.85. The molecule has 0 aliphatic heterocycles. The molecule has 0 N–H and O–H groups in total. The van der Waals surface area contributed by atoms with Crippen LogP contribution in [0.2, 0.25) is 0 Å². The van der Waals surface area contributed by atoms with E-state index in [1.165, 1.54) is 11.1 Å². The normalized spacial score (nSPS) is 12.0. The van der Waals surface area contributed by atoms with E-state index in [1.54, 1.807) is 0 Å². The van der Waals surface area contributed by atoms with Gasteiger partial charge in [-0.1, -0.05) is 127 Å². The lowest BCUT2D eigenvalue weighted by Gasteiger charge is -2.11. The number of rotatable bonds is 5. The van der Waals surface area contributed by atoms with E-state index >= 15 is 0 Å². The summed E-state index contributed by atoms with van der Waals surface area (Å²) in [5.41, 5.74) is 16.5. The lowest BCUT2D eigenvalue weighted by Crippen LogP contribution is -2.04. The van der Waals surface area contributed by atoms with Gasteiger partial charge >= 0.3 is 0 Å². The summed E-state index contributed by atoms with van der Waals surface area (Å²) < 4.78 is 8.90. The number of hydrogen-bond acceptors (Lipinski definition) is 4. The lowest BCUT2D eigenvalue weighted by atomic mass is 10.0. The van der Waals surface area contributed by atoms with E-state index in [0.29, 0.717) is 5.95 Å². The molecule has 0 aliphatic rings. The summed E-state index contributed by atoms with van der Waals surface area (Å²) in [4.78, 5) is 20.8. The fourth-order valence-electron chi connectivity index (χ4n) is 9.03. The van der Waals surface area contributed by atoms with Crippen LogP contribution < -0.4 is 0 Å². The van der Waals surface area contributed by atoms with Crippen molar-refractivity contribution in [3.05, 3.63) is 194 Å². The van der Waals surface area contributed by atoms with Crippen LogP contribution in [-0.4, -0.2) is 37.9 Å². The van der Waals surface area contributed by atoms with Gasteiger partial charge in [-0.3, -0.25) is 13.4 Å². The SMILES string of the molecule is c1ccc(-c2ccc(-n3c4ccc(-c5ccc6c(c5)n5c7ccccc7nc5n6-c5nc(-c6ccccc6)c6ccccc6n5)cc4n4c5ccccc5nc34)cc2)cc1. The van der Waals surface area contributed by atoms with Crippen LogP contribution in [0.15, 0.2) is 194 Å². The fraction of sp³-hybridized carbons (Fsp3) is 0. The molecule has 0 saturated carbocycles. The van der Waals surface area contributed by atoms with Gasteiger partial charge < -0.3 is 0 Å². The van der Waals surface area contributed by atoms with Gasteiger partial charge in [-0.15, -0.1) is 0 Å². The molecule has 5 aromatic heterocycles. The third kappa shape index (κ3) is 4.79. The molecule has 0 saturated heterocycles. The number of fused-ring (bicyclic) bond motifs is 11. The Balaban J connectivity index is 1.02. The van der Waals surface area contributed by atoms with Crippen molar-refractivity contribution in [3.8, 4) is 45.1 Å². The van der Waals surface area contributed by atoms with Crippen LogP contribution in [0.1, 0.15) is 0 Å². The van der Waals surface area contributed by atoms with E-state index in [9.17, 15) is 0 Å². The van der Waals surface area contributed by atoms with Gasteiger partial charge in [-0.05, 0) is 89.0 Å². The van der Waals surface area contributed by atoms with E-state index in [2.05, 4.69) is 176 Å². The Morgan fingerprint density at radius 3 is 1.42 bits per heavy atom. The van der Waals surface area contributed by atoms with Crippen LogP contribution in [0, 0.1) is 0 Å². The monoisotopic (exact) mass is 768 g/mol. The Morgan fingerprint density at radius 2 is 0.783 bits per heavy atom. The molecule has 0 unspecified atom stereocenters. The van der Waals surface area contributed by atoms with Crippen molar-refractivity contribution in [1.82, 2.24) is 37.9 Å². The van der Waals surface area contributed by atoms with Crippen molar-refractivity contribution >= 4 is 66.6 Å². The summed E-state index contributed by atoms with van der Waals surface area (Å²) in [5, 5.41) is 1.00. The number of imidazole rings is 4. The second-order valence-corrected chi connectivity index (χ2v) is 15.2. The van der Waals surface area contributed by atoms with Gasteiger partial charge in [0.05, 0.1) is 55.3 Å². The lowest BCUT2D eigenvalue weighted by molar-refractivity contribution is 0.986. The Hall–Kier alpha value is -8.36. The highest BCUT2D eigenvalue weighted by atomic mass is 15.3. The minimum Gasteiger partial charge on any atom is -0.278 e. The maximum Gasteiger partial charge on any atom is 0.238 e. The molecule has 8 heteroatoms. The summed E-state index contributed by atoms with van der Waals surface area (Å²) in [6, 6.07) is 67.9. The molecule has 0 amide bonds.